The van der Waals surface area contributed by atoms with E-state index in [0.29, 0.717) is 23.0 Å². The smallest absolute Gasteiger partial charge is 0.341 e. The molecule has 0 spiro atoms. The van der Waals surface area contributed by atoms with Gasteiger partial charge in [-0.1, -0.05) is 36.4 Å². The minimum atomic E-state index is -1.13. The third kappa shape index (κ3) is 8.08. The highest BCUT2D eigenvalue weighted by molar-refractivity contribution is 5.95. The third-order valence-electron chi connectivity index (χ3n) is 4.74. The summed E-state index contributed by atoms with van der Waals surface area (Å²) in [6, 6.07) is 21.5. The average Bonchev–Trinajstić information content (AvgIpc) is 2.86. The van der Waals surface area contributed by atoms with Gasteiger partial charge in [-0.05, 0) is 53.0 Å². The van der Waals surface area contributed by atoms with Gasteiger partial charge in [-0.3, -0.25) is 4.79 Å². The first kappa shape index (κ1) is 25.1. The third-order valence-corrected chi connectivity index (χ3v) is 4.74. The fraction of sp³-hybridized carbons (Fsp3) is 0.192. The monoisotopic (exact) mass is 479 g/mol. The number of carbonyl (C=O) groups is 2. The van der Waals surface area contributed by atoms with E-state index in [4.69, 9.17) is 29.3 Å². The van der Waals surface area contributed by atoms with Crippen LogP contribution in [0, 0.1) is 0 Å². The maximum atomic E-state index is 10.9. The number of benzene rings is 3. The van der Waals surface area contributed by atoms with Crippen molar-refractivity contribution >= 4 is 17.8 Å². The van der Waals surface area contributed by atoms with Crippen molar-refractivity contribution in [2.45, 2.75) is 19.4 Å². The van der Waals surface area contributed by atoms with E-state index in [1.807, 2.05) is 42.5 Å². The zero-order valence-corrected chi connectivity index (χ0v) is 19.0. The Kier molecular flexibility index (Phi) is 9.07. The Morgan fingerprint density at radius 3 is 2.23 bits per heavy atom. The Balaban J connectivity index is 1.64. The van der Waals surface area contributed by atoms with Crippen LogP contribution in [0.2, 0.25) is 0 Å². The number of hydrogen-bond donors (Lipinski definition) is 2. The fourth-order valence-electron chi connectivity index (χ4n) is 3.07. The minimum Gasteiger partial charge on any atom is -0.489 e. The van der Waals surface area contributed by atoms with Gasteiger partial charge in [0, 0.05) is 18.1 Å². The van der Waals surface area contributed by atoms with Gasteiger partial charge in [-0.15, -0.1) is 0 Å². The predicted octanol–water partition coefficient (Wildman–Crippen LogP) is 4.13. The number of aryl methyl sites for hydroxylation is 1. The van der Waals surface area contributed by atoms with Crippen LogP contribution in [0.1, 0.15) is 23.1 Å². The number of hydrogen-bond acceptors (Lipinski definition) is 7. The molecule has 0 heterocycles. The van der Waals surface area contributed by atoms with Crippen molar-refractivity contribution in [3.63, 3.8) is 0 Å². The topological polar surface area (TPSA) is 124 Å². The van der Waals surface area contributed by atoms with Crippen molar-refractivity contribution in [3.8, 4) is 17.2 Å². The second-order valence-electron chi connectivity index (χ2n) is 7.33. The molecule has 0 atom stereocenters. The molecule has 0 amide bonds. The van der Waals surface area contributed by atoms with E-state index in [0.717, 1.165) is 11.1 Å². The van der Waals surface area contributed by atoms with Crippen LogP contribution in [-0.2, 0) is 27.5 Å². The van der Waals surface area contributed by atoms with Crippen LogP contribution in [-0.4, -0.2) is 41.8 Å². The summed E-state index contributed by atoms with van der Waals surface area (Å²) in [6.07, 6.45) is 0.114. The summed E-state index contributed by atoms with van der Waals surface area (Å²) in [5, 5.41) is 21.8. The molecule has 0 aromatic heterocycles. The summed E-state index contributed by atoms with van der Waals surface area (Å²) in [4.78, 5) is 26.7. The molecule has 3 aromatic carbocycles. The largest absolute Gasteiger partial charge is 0.489 e. The van der Waals surface area contributed by atoms with Gasteiger partial charge in [0.15, 0.2) is 6.61 Å². The summed E-state index contributed by atoms with van der Waals surface area (Å²) < 4.78 is 17.0. The quantitative estimate of drug-likeness (QED) is 0.226. The lowest BCUT2D eigenvalue weighted by Crippen LogP contribution is -2.11. The standard InChI is InChI=1S/C26H25NO8/c1-32-27-26(20-5-3-2-4-6-20)35-21-11-7-18(8-12-21)16-33-22-13-9-19(10-14-24(28)29)23(15-22)34-17-25(30)31/h2-9,11-13,15H,10,14,16-17H2,1H3,(H,28,29)(H,30,31)/b27-26-. The van der Waals surface area contributed by atoms with Crippen molar-refractivity contribution < 1.29 is 38.9 Å². The SMILES string of the molecule is CO/N=C(\Oc1ccc(COc2ccc(CCC(=O)O)c(OCC(=O)O)c2)cc1)c1ccccc1. The van der Waals surface area contributed by atoms with Gasteiger partial charge in [0.25, 0.3) is 5.90 Å². The van der Waals surface area contributed by atoms with E-state index in [1.165, 1.54) is 7.11 Å². The van der Waals surface area contributed by atoms with Gasteiger partial charge in [0.2, 0.25) is 0 Å². The predicted molar refractivity (Wildman–Crippen MR) is 127 cm³/mol. The number of oxime groups is 1. The Morgan fingerprint density at radius 2 is 1.57 bits per heavy atom. The van der Waals surface area contributed by atoms with E-state index in [1.54, 1.807) is 30.3 Å². The van der Waals surface area contributed by atoms with Crippen molar-refractivity contribution in [3.05, 3.63) is 89.5 Å². The molecule has 0 fully saturated rings. The van der Waals surface area contributed by atoms with E-state index < -0.39 is 18.5 Å². The Hall–Kier alpha value is -4.53. The summed E-state index contributed by atoms with van der Waals surface area (Å²) >= 11 is 0. The molecule has 9 nitrogen and oxygen atoms in total. The molecule has 3 rings (SSSR count). The second kappa shape index (κ2) is 12.6. The van der Waals surface area contributed by atoms with E-state index in [-0.39, 0.29) is 25.2 Å². The molecule has 0 aliphatic rings. The molecule has 0 bridgehead atoms. The lowest BCUT2D eigenvalue weighted by molar-refractivity contribution is -0.139. The van der Waals surface area contributed by atoms with Crippen molar-refractivity contribution in [2.75, 3.05) is 13.7 Å². The van der Waals surface area contributed by atoms with Gasteiger partial charge in [-0.25, -0.2) is 4.79 Å². The lowest BCUT2D eigenvalue weighted by atomic mass is 10.1. The number of aliphatic carboxylic acids is 2. The number of rotatable bonds is 12. The second-order valence-corrected chi connectivity index (χ2v) is 7.33. The van der Waals surface area contributed by atoms with Gasteiger partial charge < -0.3 is 29.3 Å². The van der Waals surface area contributed by atoms with Gasteiger partial charge >= 0.3 is 11.9 Å². The normalized spacial score (nSPS) is 10.9. The van der Waals surface area contributed by atoms with Crippen molar-refractivity contribution in [2.24, 2.45) is 5.16 Å². The maximum Gasteiger partial charge on any atom is 0.341 e. The summed E-state index contributed by atoms with van der Waals surface area (Å²) in [5.74, 6) is -0.446. The highest BCUT2D eigenvalue weighted by Crippen LogP contribution is 2.27. The molecule has 3 aromatic rings. The maximum absolute atomic E-state index is 10.9. The number of carboxylic acids is 2. The van der Waals surface area contributed by atoms with Crippen molar-refractivity contribution in [1.29, 1.82) is 0 Å². The minimum absolute atomic E-state index is 0.0981. The molecule has 35 heavy (non-hydrogen) atoms. The number of nitrogens with zero attached hydrogens (tertiary/aromatic N) is 1. The fourth-order valence-corrected chi connectivity index (χ4v) is 3.07. The zero-order chi connectivity index (χ0) is 25.0. The molecule has 182 valence electrons. The first-order valence-corrected chi connectivity index (χ1v) is 10.7. The molecule has 0 saturated heterocycles. The summed E-state index contributed by atoms with van der Waals surface area (Å²) in [7, 11) is 1.45. The van der Waals surface area contributed by atoms with Crippen LogP contribution in [0.5, 0.6) is 17.2 Å². The molecule has 9 heteroatoms. The molecule has 0 radical (unpaired) electrons. The molecule has 0 aliphatic carbocycles. The van der Waals surface area contributed by atoms with Crippen LogP contribution in [0.15, 0.2) is 78.0 Å². The van der Waals surface area contributed by atoms with E-state index >= 15 is 0 Å². The van der Waals surface area contributed by atoms with Crippen LogP contribution in [0.25, 0.3) is 0 Å². The Morgan fingerprint density at radius 1 is 0.857 bits per heavy atom. The first-order valence-electron chi connectivity index (χ1n) is 10.7. The summed E-state index contributed by atoms with van der Waals surface area (Å²) in [6.45, 7) is -0.298. The molecule has 0 saturated carbocycles. The van der Waals surface area contributed by atoms with Crippen LogP contribution in [0.3, 0.4) is 0 Å². The molecule has 2 N–H and O–H groups in total. The van der Waals surface area contributed by atoms with Gasteiger partial charge in [-0.2, -0.15) is 0 Å². The van der Waals surface area contributed by atoms with E-state index in [2.05, 4.69) is 5.16 Å². The highest BCUT2D eigenvalue weighted by Gasteiger charge is 2.11. The van der Waals surface area contributed by atoms with Crippen LogP contribution >= 0.6 is 0 Å². The Bertz CT molecular complexity index is 1160. The molecule has 0 aliphatic heterocycles. The van der Waals surface area contributed by atoms with Gasteiger partial charge in [0.05, 0.1) is 0 Å². The van der Waals surface area contributed by atoms with Crippen molar-refractivity contribution in [1.82, 2.24) is 0 Å². The molecular weight excluding hydrogens is 454 g/mol. The molecule has 0 unspecified atom stereocenters. The van der Waals surface area contributed by atoms with Gasteiger partial charge in [0.1, 0.15) is 31.0 Å². The highest BCUT2D eigenvalue weighted by atomic mass is 16.6. The van der Waals surface area contributed by atoms with Crippen LogP contribution in [0.4, 0.5) is 0 Å². The number of ether oxygens (including phenoxy) is 3. The zero-order valence-electron chi connectivity index (χ0n) is 19.0. The molecular formula is C26H25NO8. The first-order chi connectivity index (χ1) is 16.9. The Labute approximate surface area is 202 Å². The average molecular weight is 479 g/mol. The lowest BCUT2D eigenvalue weighted by Gasteiger charge is -2.13. The summed E-state index contributed by atoms with van der Waals surface area (Å²) in [5.41, 5.74) is 2.23. The van der Waals surface area contributed by atoms with E-state index in [9.17, 15) is 9.59 Å². The van der Waals surface area contributed by atoms with Crippen LogP contribution < -0.4 is 14.2 Å². The number of carboxylic acid groups (broad SMARTS) is 2.